The smallest absolute Gasteiger partial charge is 0.232 e. The van der Waals surface area contributed by atoms with Gasteiger partial charge >= 0.3 is 30.7 Å². The fourth-order valence-electron chi connectivity index (χ4n) is 0.542. The average Bonchev–Trinajstić information content (AvgIpc) is 1.95. The zero-order valence-electron chi connectivity index (χ0n) is 9.36. The summed E-state index contributed by atoms with van der Waals surface area (Å²) in [5, 5.41) is -8.66. The molecule has 0 fully saturated rings. The Hall–Kier alpha value is -0.460. The van der Waals surface area contributed by atoms with Gasteiger partial charge in [-0.1, -0.05) is 0 Å². The molecule has 0 rings (SSSR count). The summed E-state index contributed by atoms with van der Waals surface area (Å²) in [5.74, 6) is 0. The Bertz CT molecular complexity index is 439. The van der Waals surface area contributed by atoms with Crippen molar-refractivity contribution in [3.05, 3.63) is 0 Å². The van der Waals surface area contributed by atoms with Crippen LogP contribution in [0.4, 0.5) is 17.6 Å². The molecule has 0 saturated carbocycles. The molecule has 0 aliphatic carbocycles. The van der Waals surface area contributed by atoms with Gasteiger partial charge in [0.2, 0.25) is 0 Å². The van der Waals surface area contributed by atoms with Crippen molar-refractivity contribution in [2.24, 2.45) is 0 Å². The van der Waals surface area contributed by atoms with Crippen LogP contribution in [0, 0.1) is 0 Å². The molecule has 110 valence electrons. The fraction of sp³-hybridized carbons (Fsp3) is 1.00. The zero-order valence-corrected chi connectivity index (χ0v) is 11.0. The van der Waals surface area contributed by atoms with Crippen LogP contribution in [0.2, 0.25) is 0 Å². The van der Waals surface area contributed by atoms with Gasteiger partial charge in [0.1, 0.15) is 0 Å². The van der Waals surface area contributed by atoms with E-state index in [4.69, 9.17) is 0 Å². The molecule has 6 nitrogen and oxygen atoms in total. The summed E-state index contributed by atoms with van der Waals surface area (Å²) >= 11 is 0. The first kappa shape index (κ1) is 17.5. The number of halogens is 4. The average molecular weight is 318 g/mol. The van der Waals surface area contributed by atoms with E-state index in [2.05, 4.69) is 8.37 Å². The highest BCUT2D eigenvalue weighted by atomic mass is 32.2. The molecular formula is C6H10F4O6S2. The third-order valence-corrected chi connectivity index (χ3v) is 4.21. The molecule has 0 bridgehead atoms. The van der Waals surface area contributed by atoms with Gasteiger partial charge in [-0.05, 0) is 6.92 Å². The quantitative estimate of drug-likeness (QED) is 0.416. The van der Waals surface area contributed by atoms with Gasteiger partial charge in [-0.2, -0.15) is 34.4 Å². The lowest BCUT2D eigenvalue weighted by atomic mass is 10.8. The molecule has 0 spiro atoms. The highest BCUT2D eigenvalue weighted by Crippen LogP contribution is 2.27. The van der Waals surface area contributed by atoms with E-state index in [0.29, 0.717) is 6.92 Å². The summed E-state index contributed by atoms with van der Waals surface area (Å²) in [6.07, 6.45) is -2.35. The standard InChI is InChI=1S/C6H10F4O6S2/c1-4(15-17(11,12)5(2,7)8)16-18(13,14)6(3,9)10/h4H,1-3H3. The van der Waals surface area contributed by atoms with Crippen LogP contribution in [0.5, 0.6) is 0 Å². The van der Waals surface area contributed by atoms with Crippen LogP contribution in [0.1, 0.15) is 20.8 Å². The van der Waals surface area contributed by atoms with Crippen LogP contribution < -0.4 is 0 Å². The molecule has 0 heterocycles. The molecule has 0 N–H and O–H groups in total. The zero-order chi connectivity index (χ0) is 15.0. The van der Waals surface area contributed by atoms with E-state index in [1.54, 1.807) is 0 Å². The van der Waals surface area contributed by atoms with Gasteiger partial charge in [0.25, 0.3) is 0 Å². The predicted octanol–water partition coefficient (Wildman–Crippen LogP) is 1.25. The van der Waals surface area contributed by atoms with Gasteiger partial charge in [0.05, 0.1) is 0 Å². The van der Waals surface area contributed by atoms with Crippen molar-refractivity contribution in [1.29, 1.82) is 0 Å². The lowest BCUT2D eigenvalue weighted by molar-refractivity contribution is -0.00478. The summed E-state index contributed by atoms with van der Waals surface area (Å²) in [5.41, 5.74) is 0. The minimum Gasteiger partial charge on any atom is -0.232 e. The van der Waals surface area contributed by atoms with E-state index < -0.39 is 37.0 Å². The molecule has 0 amide bonds. The Balaban J connectivity index is 4.92. The second-order valence-electron chi connectivity index (χ2n) is 3.28. The highest BCUT2D eigenvalue weighted by Gasteiger charge is 2.46. The van der Waals surface area contributed by atoms with Crippen molar-refractivity contribution in [3.8, 4) is 0 Å². The lowest BCUT2D eigenvalue weighted by Crippen LogP contribution is -2.35. The van der Waals surface area contributed by atoms with Gasteiger partial charge in [-0.25, -0.2) is 8.37 Å². The maximum atomic E-state index is 12.5. The third kappa shape index (κ3) is 4.33. The minimum atomic E-state index is -5.48. The first-order chi connectivity index (χ1) is 7.60. The first-order valence-electron chi connectivity index (χ1n) is 4.21. The Morgan fingerprint density at radius 3 is 1.22 bits per heavy atom. The van der Waals surface area contributed by atoms with Crippen molar-refractivity contribution in [2.75, 3.05) is 0 Å². The maximum absolute atomic E-state index is 12.5. The Labute approximate surface area is 101 Å². The SMILES string of the molecule is CC(OS(=O)(=O)C(C)(F)F)OS(=O)(=O)C(C)(F)F. The summed E-state index contributed by atoms with van der Waals surface area (Å²) in [7, 11) is -11.0. The molecule has 12 heteroatoms. The number of hydrogen-bond acceptors (Lipinski definition) is 6. The number of hydrogen-bond donors (Lipinski definition) is 0. The number of rotatable bonds is 6. The third-order valence-electron chi connectivity index (χ3n) is 1.40. The Kier molecular flexibility index (Phi) is 4.78. The summed E-state index contributed by atoms with van der Waals surface area (Å²) in [4.78, 5) is 0. The van der Waals surface area contributed by atoms with Gasteiger partial charge in [0, 0.05) is 13.8 Å². The monoisotopic (exact) mass is 318 g/mol. The largest absolute Gasteiger partial charge is 0.367 e. The molecule has 0 atom stereocenters. The Morgan fingerprint density at radius 1 is 0.833 bits per heavy atom. The molecule has 18 heavy (non-hydrogen) atoms. The molecule has 0 aliphatic heterocycles. The van der Waals surface area contributed by atoms with Crippen LogP contribution in [-0.4, -0.2) is 33.6 Å². The van der Waals surface area contributed by atoms with E-state index in [1.807, 2.05) is 0 Å². The second kappa shape index (κ2) is 4.90. The van der Waals surface area contributed by atoms with Gasteiger partial charge < -0.3 is 0 Å². The molecule has 0 unspecified atom stereocenters. The van der Waals surface area contributed by atoms with E-state index >= 15 is 0 Å². The summed E-state index contributed by atoms with van der Waals surface area (Å²) < 4.78 is 100. The van der Waals surface area contributed by atoms with Crippen molar-refractivity contribution in [3.63, 3.8) is 0 Å². The molecule has 0 aromatic carbocycles. The van der Waals surface area contributed by atoms with Crippen LogP contribution in [0.25, 0.3) is 0 Å². The topological polar surface area (TPSA) is 86.7 Å². The molecule has 0 radical (unpaired) electrons. The van der Waals surface area contributed by atoms with Crippen molar-refractivity contribution in [1.82, 2.24) is 0 Å². The lowest BCUT2D eigenvalue weighted by Gasteiger charge is -2.18. The van der Waals surface area contributed by atoms with Crippen molar-refractivity contribution >= 4 is 20.2 Å². The molecule has 0 saturated heterocycles. The molecule has 0 aliphatic rings. The van der Waals surface area contributed by atoms with E-state index in [-0.39, 0.29) is 13.8 Å². The van der Waals surface area contributed by atoms with Crippen LogP contribution in [-0.2, 0) is 28.6 Å². The molecular weight excluding hydrogens is 308 g/mol. The van der Waals surface area contributed by atoms with Crippen LogP contribution in [0.3, 0.4) is 0 Å². The van der Waals surface area contributed by atoms with E-state index in [0.717, 1.165) is 0 Å². The second-order valence-corrected chi connectivity index (χ2v) is 6.92. The highest BCUT2D eigenvalue weighted by molar-refractivity contribution is 7.88. The first-order valence-corrected chi connectivity index (χ1v) is 7.03. The molecule has 0 aromatic heterocycles. The maximum Gasteiger partial charge on any atom is 0.367 e. The van der Waals surface area contributed by atoms with Gasteiger partial charge in [0.15, 0.2) is 6.29 Å². The van der Waals surface area contributed by atoms with Gasteiger partial charge in [-0.3, -0.25) is 0 Å². The van der Waals surface area contributed by atoms with Crippen molar-refractivity contribution < 1.29 is 42.8 Å². The van der Waals surface area contributed by atoms with E-state index in [1.165, 1.54) is 0 Å². The van der Waals surface area contributed by atoms with Crippen LogP contribution >= 0.6 is 0 Å². The van der Waals surface area contributed by atoms with Crippen molar-refractivity contribution in [2.45, 2.75) is 37.6 Å². The predicted molar refractivity (Wildman–Crippen MR) is 50.7 cm³/mol. The van der Waals surface area contributed by atoms with Gasteiger partial charge in [-0.15, -0.1) is 0 Å². The minimum absolute atomic E-state index is 0.0298. The van der Waals surface area contributed by atoms with Crippen LogP contribution in [0.15, 0.2) is 0 Å². The summed E-state index contributed by atoms with van der Waals surface area (Å²) in [6.45, 7) is 0.503. The molecule has 0 aromatic rings. The number of alkyl halides is 4. The Morgan fingerprint density at radius 2 is 1.06 bits per heavy atom. The normalized spacial score (nSPS) is 15.1. The summed E-state index contributed by atoms with van der Waals surface area (Å²) in [6, 6.07) is 0. The fourth-order valence-corrected chi connectivity index (χ4v) is 1.72. The van der Waals surface area contributed by atoms with E-state index in [9.17, 15) is 34.4 Å².